The van der Waals surface area contributed by atoms with Crippen molar-refractivity contribution in [3.63, 3.8) is 0 Å². The molecule has 1 amide bonds. The zero-order valence-electron chi connectivity index (χ0n) is 11.6. The fourth-order valence-corrected chi connectivity index (χ4v) is 1.93. The van der Waals surface area contributed by atoms with E-state index in [0.717, 1.165) is 23.5 Å². The first kappa shape index (κ1) is 13.3. The van der Waals surface area contributed by atoms with E-state index in [-0.39, 0.29) is 12.5 Å². The Labute approximate surface area is 112 Å². The Morgan fingerprint density at radius 3 is 2.68 bits per heavy atom. The smallest absolute Gasteiger partial charge is 0.242 e. The van der Waals surface area contributed by atoms with Crippen LogP contribution in [0.3, 0.4) is 0 Å². The second-order valence-corrected chi connectivity index (χ2v) is 4.48. The third-order valence-electron chi connectivity index (χ3n) is 3.20. The van der Waals surface area contributed by atoms with E-state index >= 15 is 0 Å². The lowest BCUT2D eigenvalue weighted by atomic mass is 10.2. The minimum atomic E-state index is -0.0459. The molecule has 19 heavy (non-hydrogen) atoms. The Kier molecular flexibility index (Phi) is 3.99. The second-order valence-electron chi connectivity index (χ2n) is 4.48. The van der Waals surface area contributed by atoms with E-state index in [1.165, 1.54) is 0 Å². The molecule has 0 bridgehead atoms. The number of amides is 1. The third-order valence-corrected chi connectivity index (χ3v) is 3.20. The first-order valence-corrected chi connectivity index (χ1v) is 6.38. The van der Waals surface area contributed by atoms with Gasteiger partial charge in [0.1, 0.15) is 6.54 Å². The van der Waals surface area contributed by atoms with Gasteiger partial charge in [0.2, 0.25) is 5.91 Å². The number of nitrogens with zero attached hydrogens (tertiary/aromatic N) is 4. The minimum Gasteiger partial charge on any atom is -0.350 e. The molecule has 0 saturated heterocycles. The van der Waals surface area contributed by atoms with Crippen molar-refractivity contribution in [2.45, 2.75) is 40.4 Å². The molecule has 0 atom stereocenters. The zero-order chi connectivity index (χ0) is 13.8. The summed E-state index contributed by atoms with van der Waals surface area (Å²) in [4.78, 5) is 11.8. The highest BCUT2D eigenvalue weighted by atomic mass is 16.2. The Balaban J connectivity index is 1.90. The SMILES string of the molecule is CCn1ncc(CNC(=O)Cn2nccc2C)c1C. The van der Waals surface area contributed by atoms with Crippen molar-refractivity contribution >= 4 is 5.91 Å². The van der Waals surface area contributed by atoms with Crippen molar-refractivity contribution in [1.29, 1.82) is 0 Å². The van der Waals surface area contributed by atoms with Crippen LogP contribution in [-0.4, -0.2) is 25.5 Å². The number of aromatic nitrogens is 4. The van der Waals surface area contributed by atoms with Crippen LogP contribution in [0.2, 0.25) is 0 Å². The van der Waals surface area contributed by atoms with Gasteiger partial charge in [-0.25, -0.2) is 0 Å². The van der Waals surface area contributed by atoms with Crippen LogP contribution in [0.15, 0.2) is 18.5 Å². The van der Waals surface area contributed by atoms with Crippen molar-refractivity contribution in [2.24, 2.45) is 0 Å². The van der Waals surface area contributed by atoms with Gasteiger partial charge in [-0.15, -0.1) is 0 Å². The Morgan fingerprint density at radius 1 is 1.32 bits per heavy atom. The van der Waals surface area contributed by atoms with Crippen molar-refractivity contribution in [3.05, 3.63) is 35.4 Å². The quantitative estimate of drug-likeness (QED) is 0.874. The van der Waals surface area contributed by atoms with Crippen LogP contribution in [0, 0.1) is 13.8 Å². The normalized spacial score (nSPS) is 10.7. The summed E-state index contributed by atoms with van der Waals surface area (Å²) in [6, 6.07) is 1.88. The topological polar surface area (TPSA) is 64.7 Å². The van der Waals surface area contributed by atoms with E-state index in [2.05, 4.69) is 15.5 Å². The molecule has 0 aliphatic rings. The number of aryl methyl sites for hydroxylation is 2. The summed E-state index contributed by atoms with van der Waals surface area (Å²) in [5, 5.41) is 11.2. The van der Waals surface area contributed by atoms with E-state index in [9.17, 15) is 4.79 Å². The lowest BCUT2D eigenvalue weighted by Gasteiger charge is -2.07. The summed E-state index contributed by atoms with van der Waals surface area (Å²) in [5.74, 6) is -0.0459. The number of carbonyl (C=O) groups excluding carboxylic acids is 1. The van der Waals surface area contributed by atoms with Crippen LogP contribution in [-0.2, 0) is 24.4 Å². The fraction of sp³-hybridized carbons (Fsp3) is 0.462. The third kappa shape index (κ3) is 3.01. The summed E-state index contributed by atoms with van der Waals surface area (Å²) in [7, 11) is 0. The molecule has 0 aliphatic heterocycles. The van der Waals surface area contributed by atoms with E-state index in [4.69, 9.17) is 0 Å². The number of hydrogen-bond donors (Lipinski definition) is 1. The van der Waals surface area contributed by atoms with E-state index in [0.29, 0.717) is 6.54 Å². The molecule has 0 unspecified atom stereocenters. The fourth-order valence-electron chi connectivity index (χ4n) is 1.93. The first-order chi connectivity index (χ1) is 9.11. The average Bonchev–Trinajstić information content (AvgIpc) is 2.94. The maximum atomic E-state index is 11.8. The molecule has 0 spiro atoms. The van der Waals surface area contributed by atoms with Gasteiger partial charge in [0.15, 0.2) is 0 Å². The molecular formula is C13H19N5O. The summed E-state index contributed by atoms with van der Waals surface area (Å²) < 4.78 is 3.59. The van der Waals surface area contributed by atoms with Crippen LogP contribution in [0.5, 0.6) is 0 Å². The molecule has 0 aromatic carbocycles. The van der Waals surface area contributed by atoms with Crippen LogP contribution >= 0.6 is 0 Å². The molecule has 2 heterocycles. The van der Waals surface area contributed by atoms with Gasteiger partial charge in [-0.05, 0) is 26.8 Å². The van der Waals surface area contributed by atoms with Crippen molar-refractivity contribution < 1.29 is 4.79 Å². The van der Waals surface area contributed by atoms with Crippen molar-refractivity contribution in [1.82, 2.24) is 24.9 Å². The standard InChI is InChI=1S/C13H19N5O/c1-4-17-11(3)12(8-16-17)7-14-13(19)9-18-10(2)5-6-15-18/h5-6,8H,4,7,9H2,1-3H3,(H,14,19). The summed E-state index contributed by atoms with van der Waals surface area (Å²) in [6.07, 6.45) is 3.50. The van der Waals surface area contributed by atoms with Crippen molar-refractivity contribution in [2.75, 3.05) is 0 Å². The number of carbonyl (C=O) groups is 1. The lowest BCUT2D eigenvalue weighted by Crippen LogP contribution is -2.28. The van der Waals surface area contributed by atoms with Crippen LogP contribution in [0.4, 0.5) is 0 Å². The van der Waals surface area contributed by atoms with Gasteiger partial charge in [-0.3, -0.25) is 14.2 Å². The van der Waals surface area contributed by atoms with Crippen LogP contribution in [0.25, 0.3) is 0 Å². The van der Waals surface area contributed by atoms with E-state index < -0.39 is 0 Å². The predicted molar refractivity (Wildman–Crippen MR) is 71.4 cm³/mol. The van der Waals surface area contributed by atoms with E-state index in [1.54, 1.807) is 17.1 Å². The Morgan fingerprint density at radius 2 is 2.11 bits per heavy atom. The summed E-state index contributed by atoms with van der Waals surface area (Å²) in [5.41, 5.74) is 3.12. The molecule has 102 valence electrons. The monoisotopic (exact) mass is 261 g/mol. The number of hydrogen-bond acceptors (Lipinski definition) is 3. The minimum absolute atomic E-state index is 0.0459. The molecule has 2 rings (SSSR count). The van der Waals surface area contributed by atoms with Gasteiger partial charge < -0.3 is 5.32 Å². The molecule has 2 aromatic heterocycles. The Hall–Kier alpha value is -2.11. The molecule has 6 heteroatoms. The lowest BCUT2D eigenvalue weighted by molar-refractivity contribution is -0.122. The first-order valence-electron chi connectivity index (χ1n) is 6.38. The zero-order valence-corrected chi connectivity index (χ0v) is 11.6. The Bertz CT molecular complexity index is 569. The van der Waals surface area contributed by atoms with Gasteiger partial charge in [-0.2, -0.15) is 10.2 Å². The second kappa shape index (κ2) is 5.69. The van der Waals surface area contributed by atoms with Gasteiger partial charge in [-0.1, -0.05) is 0 Å². The molecule has 0 fully saturated rings. The van der Waals surface area contributed by atoms with E-state index in [1.807, 2.05) is 31.5 Å². The largest absolute Gasteiger partial charge is 0.350 e. The average molecular weight is 261 g/mol. The maximum Gasteiger partial charge on any atom is 0.242 e. The van der Waals surface area contributed by atoms with Gasteiger partial charge in [0, 0.05) is 36.2 Å². The van der Waals surface area contributed by atoms with Crippen LogP contribution in [0.1, 0.15) is 23.9 Å². The van der Waals surface area contributed by atoms with Gasteiger partial charge in [0.25, 0.3) is 0 Å². The molecule has 0 saturated carbocycles. The molecule has 6 nitrogen and oxygen atoms in total. The van der Waals surface area contributed by atoms with Gasteiger partial charge in [0.05, 0.1) is 6.20 Å². The highest BCUT2D eigenvalue weighted by molar-refractivity contribution is 5.75. The highest BCUT2D eigenvalue weighted by Crippen LogP contribution is 2.06. The molecule has 1 N–H and O–H groups in total. The molecular weight excluding hydrogens is 242 g/mol. The number of nitrogens with one attached hydrogen (secondary N) is 1. The molecule has 0 radical (unpaired) electrons. The highest BCUT2D eigenvalue weighted by Gasteiger charge is 2.08. The van der Waals surface area contributed by atoms with Crippen LogP contribution < -0.4 is 5.32 Å². The summed E-state index contributed by atoms with van der Waals surface area (Å²) >= 11 is 0. The number of rotatable bonds is 5. The van der Waals surface area contributed by atoms with Crippen molar-refractivity contribution in [3.8, 4) is 0 Å². The molecule has 0 aliphatic carbocycles. The molecule has 2 aromatic rings. The predicted octanol–water partition coefficient (Wildman–Crippen LogP) is 1.03. The maximum absolute atomic E-state index is 11.8. The van der Waals surface area contributed by atoms with Gasteiger partial charge >= 0.3 is 0 Å². The summed E-state index contributed by atoms with van der Waals surface area (Å²) in [6.45, 7) is 7.57.